The largest absolute Gasteiger partial charge is 0.472 e. The number of unbranched alkanes of at least 4 members (excludes halogenated alkanes) is 32. The molecule has 1 amide bonds. The maximum atomic E-state index is 13.6. The molecule has 0 saturated heterocycles. The van der Waals surface area contributed by atoms with Gasteiger partial charge in [0, 0.05) is 12.8 Å². The molecule has 0 saturated carbocycles. The standard InChI is InChI=1S/C73H131N2O7P/c1-7-10-13-16-19-22-25-27-29-31-33-34-35-36-37-38-39-40-42-44-46-48-51-54-57-60-63-66-73(77)82-71(64-61-58-55-52-49-24-21-18-15-12-9-3)70(69-81-83(78,79)80-68-67-75(4,5)6)74-72(76)65-62-59-56-53-50-47-45-43-41-32-30-28-26-23-20-17-14-11-8-2/h10,13,19,22,27-30,33-34,36-37,39-40,61,64,70-71H,7-9,11-12,14-18,20-21,23-26,31-32,35,38,41-60,62-63,65-69H2,1-6H3,(H-,74,76,78,79)/p+1/b13-10-,22-19-,29-27-,30-28+,34-33-,37-36-,40-39-,64-61-. The number of carbonyl (C=O) groups excluding carboxylic acids is 2. The third-order valence-corrected chi connectivity index (χ3v) is 16.0. The Kier molecular flexibility index (Phi) is 59.7. The van der Waals surface area contributed by atoms with E-state index in [0.29, 0.717) is 17.4 Å². The molecule has 0 heterocycles. The lowest BCUT2D eigenvalue weighted by atomic mass is 10.0. The highest BCUT2D eigenvalue weighted by Gasteiger charge is 2.30. The number of phosphoric ester groups is 1. The van der Waals surface area contributed by atoms with E-state index < -0.39 is 20.0 Å². The number of hydrogen-bond donors (Lipinski definition) is 2. The molecule has 0 aliphatic heterocycles. The first-order valence-electron chi connectivity index (χ1n) is 34.6. The van der Waals surface area contributed by atoms with Crippen molar-refractivity contribution in [3.05, 3.63) is 97.2 Å². The van der Waals surface area contributed by atoms with Crippen molar-refractivity contribution in [2.24, 2.45) is 0 Å². The van der Waals surface area contributed by atoms with Crippen LogP contribution in [0.2, 0.25) is 0 Å². The van der Waals surface area contributed by atoms with Crippen LogP contribution < -0.4 is 5.32 Å². The Morgan fingerprint density at radius 1 is 0.434 bits per heavy atom. The van der Waals surface area contributed by atoms with E-state index >= 15 is 0 Å². The molecule has 3 atom stereocenters. The maximum absolute atomic E-state index is 13.6. The Balaban J connectivity index is 5.08. The van der Waals surface area contributed by atoms with E-state index in [-0.39, 0.29) is 31.5 Å². The summed E-state index contributed by atoms with van der Waals surface area (Å²) in [4.78, 5) is 37.8. The molecule has 9 nitrogen and oxygen atoms in total. The molecule has 0 aromatic rings. The van der Waals surface area contributed by atoms with E-state index in [1.807, 2.05) is 33.3 Å². The lowest BCUT2D eigenvalue weighted by Crippen LogP contribution is -2.47. The fourth-order valence-corrected chi connectivity index (χ4v) is 10.4. The minimum absolute atomic E-state index is 0.0351. The lowest BCUT2D eigenvalue weighted by Gasteiger charge is -2.27. The van der Waals surface area contributed by atoms with Crippen LogP contribution in [0, 0.1) is 0 Å². The Morgan fingerprint density at radius 3 is 1.17 bits per heavy atom. The third-order valence-electron chi connectivity index (χ3n) is 15.0. The molecule has 0 spiro atoms. The summed E-state index contributed by atoms with van der Waals surface area (Å²) in [5.74, 6) is -0.515. The lowest BCUT2D eigenvalue weighted by molar-refractivity contribution is -0.870. The van der Waals surface area contributed by atoms with E-state index in [9.17, 15) is 19.0 Å². The summed E-state index contributed by atoms with van der Waals surface area (Å²) >= 11 is 0. The second-order valence-corrected chi connectivity index (χ2v) is 25.8. The highest BCUT2D eigenvalue weighted by molar-refractivity contribution is 7.47. The Hall–Kier alpha value is -3.07. The van der Waals surface area contributed by atoms with Gasteiger partial charge >= 0.3 is 13.8 Å². The summed E-state index contributed by atoms with van der Waals surface area (Å²) in [7, 11) is 1.49. The van der Waals surface area contributed by atoms with Crippen LogP contribution >= 0.6 is 7.82 Å². The molecule has 10 heteroatoms. The summed E-state index contributed by atoms with van der Waals surface area (Å²) in [6.07, 6.45) is 84.1. The molecule has 0 aromatic carbocycles. The van der Waals surface area contributed by atoms with Gasteiger partial charge in [0.15, 0.2) is 0 Å². The van der Waals surface area contributed by atoms with Gasteiger partial charge in [0.1, 0.15) is 19.3 Å². The number of allylic oxidation sites excluding steroid dienone is 15. The van der Waals surface area contributed by atoms with Gasteiger partial charge in [-0.05, 0) is 109 Å². The van der Waals surface area contributed by atoms with Crippen LogP contribution in [0.1, 0.15) is 303 Å². The quantitative estimate of drug-likeness (QED) is 0.0205. The molecule has 2 N–H and O–H groups in total. The molecule has 3 unspecified atom stereocenters. The zero-order valence-corrected chi connectivity index (χ0v) is 55.8. The zero-order valence-electron chi connectivity index (χ0n) is 54.9. The summed E-state index contributed by atoms with van der Waals surface area (Å²) in [6.45, 7) is 6.90. The van der Waals surface area contributed by atoms with Gasteiger partial charge in [-0.1, -0.05) is 279 Å². The summed E-state index contributed by atoms with van der Waals surface area (Å²) in [6, 6.07) is -0.858. The molecule has 480 valence electrons. The van der Waals surface area contributed by atoms with E-state index in [4.69, 9.17) is 13.8 Å². The van der Waals surface area contributed by atoms with Crippen molar-refractivity contribution >= 4 is 19.7 Å². The molecule has 0 radical (unpaired) electrons. The van der Waals surface area contributed by atoms with Gasteiger partial charge in [0.25, 0.3) is 0 Å². The average molecular weight is 1180 g/mol. The van der Waals surface area contributed by atoms with Crippen molar-refractivity contribution in [3.63, 3.8) is 0 Å². The van der Waals surface area contributed by atoms with Crippen LogP contribution in [0.3, 0.4) is 0 Å². The monoisotopic (exact) mass is 1180 g/mol. The number of hydrogen-bond acceptors (Lipinski definition) is 6. The number of nitrogens with one attached hydrogen (secondary N) is 1. The highest BCUT2D eigenvalue weighted by atomic mass is 31.2. The second kappa shape index (κ2) is 62.0. The first-order chi connectivity index (χ1) is 40.4. The normalized spacial score (nSPS) is 14.2. The van der Waals surface area contributed by atoms with Gasteiger partial charge in [-0.2, -0.15) is 0 Å². The zero-order chi connectivity index (χ0) is 60.7. The molecule has 0 fully saturated rings. The smallest absolute Gasteiger partial charge is 0.456 e. The number of amides is 1. The Labute approximate surface area is 513 Å². The van der Waals surface area contributed by atoms with Crippen LogP contribution in [0.4, 0.5) is 0 Å². The number of carbonyl (C=O) groups is 2. The van der Waals surface area contributed by atoms with E-state index in [1.54, 1.807) is 0 Å². The van der Waals surface area contributed by atoms with E-state index in [1.165, 1.54) is 161 Å². The van der Waals surface area contributed by atoms with Crippen LogP contribution in [-0.2, 0) is 27.9 Å². The number of nitrogens with zero attached hydrogens (tertiary/aromatic N) is 1. The van der Waals surface area contributed by atoms with Gasteiger partial charge in [-0.25, -0.2) is 4.57 Å². The van der Waals surface area contributed by atoms with Crippen LogP contribution in [0.5, 0.6) is 0 Å². The number of quaternary nitrogens is 1. The maximum Gasteiger partial charge on any atom is 0.472 e. The summed E-state index contributed by atoms with van der Waals surface area (Å²) in [5.41, 5.74) is 0. The van der Waals surface area contributed by atoms with Gasteiger partial charge < -0.3 is 19.4 Å². The summed E-state index contributed by atoms with van der Waals surface area (Å²) < 4.78 is 30.8. The van der Waals surface area contributed by atoms with Crippen LogP contribution in [0.15, 0.2) is 97.2 Å². The minimum atomic E-state index is -4.46. The molecular weight excluding hydrogens is 1050 g/mol. The number of ether oxygens (including phenoxy) is 1. The molecule has 0 aromatic heterocycles. The van der Waals surface area contributed by atoms with Gasteiger partial charge in [0.2, 0.25) is 5.91 Å². The fourth-order valence-electron chi connectivity index (χ4n) is 9.70. The second-order valence-electron chi connectivity index (χ2n) is 24.3. The SMILES string of the molecule is CC/C=C\C/C=C\C/C=C\C/C=C\C/C=C\C/C=C\CCCCCCCCCCC(=O)OC(/C=C\CCCCCCCCCCC)C(COP(=O)(O)OCC[N+](C)(C)C)NC(=O)CCCCCCCCCCC/C=C/CCCCCCCC. The fraction of sp³-hybridized carbons (Fsp3) is 0.753. The van der Waals surface area contributed by atoms with Crippen molar-refractivity contribution in [3.8, 4) is 0 Å². The van der Waals surface area contributed by atoms with Crippen molar-refractivity contribution < 1.29 is 37.3 Å². The molecule has 0 bridgehead atoms. The molecule has 0 aliphatic carbocycles. The highest BCUT2D eigenvalue weighted by Crippen LogP contribution is 2.43. The molecule has 0 aliphatic rings. The Morgan fingerprint density at radius 2 is 0.771 bits per heavy atom. The summed E-state index contributed by atoms with van der Waals surface area (Å²) in [5, 5.41) is 3.06. The first kappa shape index (κ1) is 79.9. The van der Waals surface area contributed by atoms with Crippen LogP contribution in [-0.4, -0.2) is 74.3 Å². The van der Waals surface area contributed by atoms with Crippen molar-refractivity contribution in [1.82, 2.24) is 5.32 Å². The van der Waals surface area contributed by atoms with Gasteiger partial charge in [-0.3, -0.25) is 18.6 Å². The van der Waals surface area contributed by atoms with Crippen molar-refractivity contribution in [2.75, 3.05) is 40.9 Å². The third kappa shape index (κ3) is 63.3. The predicted octanol–water partition coefficient (Wildman–Crippen LogP) is 21.9. The van der Waals surface area contributed by atoms with Crippen molar-refractivity contribution in [1.29, 1.82) is 0 Å². The topological polar surface area (TPSA) is 111 Å². The Bertz CT molecular complexity index is 1740. The van der Waals surface area contributed by atoms with Crippen LogP contribution in [0.25, 0.3) is 0 Å². The molecule has 83 heavy (non-hydrogen) atoms. The number of rotatable bonds is 62. The number of likely N-dealkylation sites (N-methyl/N-ethyl adjacent to an activating group) is 1. The minimum Gasteiger partial charge on any atom is -0.456 e. The predicted molar refractivity (Wildman–Crippen MR) is 360 cm³/mol. The van der Waals surface area contributed by atoms with Gasteiger partial charge in [-0.15, -0.1) is 0 Å². The van der Waals surface area contributed by atoms with E-state index in [0.717, 1.165) is 109 Å². The first-order valence-corrected chi connectivity index (χ1v) is 36.1. The van der Waals surface area contributed by atoms with Crippen molar-refractivity contribution in [2.45, 2.75) is 315 Å². The van der Waals surface area contributed by atoms with E-state index in [2.05, 4.69) is 111 Å². The van der Waals surface area contributed by atoms with Gasteiger partial charge in [0.05, 0.1) is 33.8 Å². The number of esters is 1. The average Bonchev–Trinajstić information content (AvgIpc) is 3.51. The molecular formula is C73H132N2O7P+. The number of phosphoric acid groups is 1. The molecule has 0 rings (SSSR count).